The number of benzene rings is 1. The van der Waals surface area contributed by atoms with E-state index < -0.39 is 0 Å². The molecular formula is C21H37N5. The molecule has 1 aromatic carbocycles. The summed E-state index contributed by atoms with van der Waals surface area (Å²) in [4.78, 5) is 9.79. The fraction of sp³-hybridized carbons (Fsp3) is 0.667. The molecule has 1 aromatic rings. The Kier molecular flexibility index (Phi) is 8.92. The van der Waals surface area contributed by atoms with Crippen LogP contribution in [0.15, 0.2) is 35.3 Å². The van der Waals surface area contributed by atoms with Gasteiger partial charge in [-0.25, -0.2) is 0 Å². The fourth-order valence-electron chi connectivity index (χ4n) is 3.27. The van der Waals surface area contributed by atoms with Crippen molar-refractivity contribution in [1.29, 1.82) is 0 Å². The molecule has 1 aliphatic heterocycles. The zero-order valence-corrected chi connectivity index (χ0v) is 17.0. The van der Waals surface area contributed by atoms with E-state index in [0.29, 0.717) is 11.8 Å². The molecule has 0 amide bonds. The zero-order valence-electron chi connectivity index (χ0n) is 17.0. The summed E-state index contributed by atoms with van der Waals surface area (Å²) in [5, 5.41) is 6.88. The standard InChI is InChI=1S/C21H37N5/c1-5-22-21(24-16-19(3)20-9-7-6-8-10-20)23-15-18(2)17-26-13-11-25(4)12-14-26/h6-10,18-19H,5,11-17H2,1-4H3,(H2,22,23,24). The topological polar surface area (TPSA) is 42.9 Å². The lowest BCUT2D eigenvalue weighted by Crippen LogP contribution is -2.46. The molecule has 1 fully saturated rings. The quantitative estimate of drug-likeness (QED) is 0.552. The molecule has 0 aliphatic carbocycles. The number of hydrogen-bond acceptors (Lipinski definition) is 3. The second-order valence-corrected chi connectivity index (χ2v) is 7.62. The molecule has 5 heteroatoms. The minimum atomic E-state index is 0.461. The molecule has 5 nitrogen and oxygen atoms in total. The lowest BCUT2D eigenvalue weighted by atomic mass is 10.0. The summed E-state index contributed by atoms with van der Waals surface area (Å²) in [5.74, 6) is 1.96. The lowest BCUT2D eigenvalue weighted by molar-refractivity contribution is 0.140. The van der Waals surface area contributed by atoms with Crippen molar-refractivity contribution in [3.8, 4) is 0 Å². The molecule has 0 spiro atoms. The third-order valence-electron chi connectivity index (χ3n) is 5.02. The van der Waals surface area contributed by atoms with Crippen LogP contribution in [0.3, 0.4) is 0 Å². The van der Waals surface area contributed by atoms with E-state index in [2.05, 4.69) is 78.6 Å². The smallest absolute Gasteiger partial charge is 0.191 e. The summed E-state index contributed by atoms with van der Waals surface area (Å²) >= 11 is 0. The van der Waals surface area contributed by atoms with Gasteiger partial charge in [-0.05, 0) is 31.4 Å². The highest BCUT2D eigenvalue weighted by Crippen LogP contribution is 2.13. The van der Waals surface area contributed by atoms with Crippen molar-refractivity contribution in [2.24, 2.45) is 10.9 Å². The molecule has 2 N–H and O–H groups in total. The van der Waals surface area contributed by atoms with Gasteiger partial charge < -0.3 is 20.4 Å². The average molecular weight is 360 g/mol. The summed E-state index contributed by atoms with van der Waals surface area (Å²) in [6.45, 7) is 15.2. The first-order valence-corrected chi connectivity index (χ1v) is 10.1. The van der Waals surface area contributed by atoms with Crippen LogP contribution in [0.25, 0.3) is 0 Å². The number of guanidine groups is 1. The SMILES string of the molecule is CCNC(=NCC(C)CN1CCN(C)CC1)NCC(C)c1ccccc1. The Morgan fingerprint density at radius 2 is 1.77 bits per heavy atom. The molecule has 0 saturated carbocycles. The second-order valence-electron chi connectivity index (χ2n) is 7.62. The van der Waals surface area contributed by atoms with Gasteiger partial charge in [-0.1, -0.05) is 44.2 Å². The van der Waals surface area contributed by atoms with Crippen LogP contribution in [0, 0.1) is 5.92 Å². The van der Waals surface area contributed by atoms with E-state index in [0.717, 1.165) is 32.1 Å². The second kappa shape index (κ2) is 11.2. The van der Waals surface area contributed by atoms with Crippen molar-refractivity contribution in [3.63, 3.8) is 0 Å². The Balaban J connectivity index is 1.78. The van der Waals surface area contributed by atoms with Crippen LogP contribution in [0.5, 0.6) is 0 Å². The van der Waals surface area contributed by atoms with Gasteiger partial charge in [0.2, 0.25) is 0 Å². The summed E-state index contributed by atoms with van der Waals surface area (Å²) in [6.07, 6.45) is 0. The number of hydrogen-bond donors (Lipinski definition) is 2. The predicted octanol–water partition coefficient (Wildman–Crippen LogP) is 2.23. The molecule has 26 heavy (non-hydrogen) atoms. The normalized spacial score (nSPS) is 19.2. The molecule has 1 saturated heterocycles. The highest BCUT2D eigenvalue weighted by molar-refractivity contribution is 5.79. The molecule has 0 aromatic heterocycles. The van der Waals surface area contributed by atoms with Crippen LogP contribution in [-0.4, -0.2) is 75.2 Å². The fourth-order valence-corrected chi connectivity index (χ4v) is 3.27. The maximum absolute atomic E-state index is 4.82. The van der Waals surface area contributed by atoms with Crippen molar-refractivity contribution < 1.29 is 0 Å². The average Bonchev–Trinajstić information content (AvgIpc) is 2.66. The first kappa shape index (κ1) is 20.7. The van der Waals surface area contributed by atoms with Crippen LogP contribution in [-0.2, 0) is 0 Å². The number of aliphatic imine (C=N–C) groups is 1. The monoisotopic (exact) mass is 359 g/mol. The van der Waals surface area contributed by atoms with E-state index >= 15 is 0 Å². The van der Waals surface area contributed by atoms with Crippen LogP contribution in [0.4, 0.5) is 0 Å². The summed E-state index contributed by atoms with van der Waals surface area (Å²) in [6, 6.07) is 10.6. The van der Waals surface area contributed by atoms with Crippen LogP contribution >= 0.6 is 0 Å². The van der Waals surface area contributed by atoms with Gasteiger partial charge in [0.05, 0.1) is 0 Å². The molecule has 2 rings (SSSR count). The molecule has 146 valence electrons. The van der Waals surface area contributed by atoms with E-state index in [1.807, 2.05) is 0 Å². The van der Waals surface area contributed by atoms with Crippen molar-refractivity contribution >= 4 is 5.96 Å². The van der Waals surface area contributed by atoms with Gasteiger partial charge in [0, 0.05) is 52.4 Å². The van der Waals surface area contributed by atoms with Crippen molar-refractivity contribution in [2.45, 2.75) is 26.7 Å². The number of nitrogens with one attached hydrogen (secondary N) is 2. The Bertz CT molecular complexity index is 522. The summed E-state index contributed by atoms with van der Waals surface area (Å²) in [7, 11) is 2.20. The largest absolute Gasteiger partial charge is 0.357 e. The molecule has 2 atom stereocenters. The third-order valence-corrected chi connectivity index (χ3v) is 5.02. The summed E-state index contributed by atoms with van der Waals surface area (Å²) in [5.41, 5.74) is 1.36. The van der Waals surface area contributed by atoms with E-state index in [-0.39, 0.29) is 0 Å². The highest BCUT2D eigenvalue weighted by Gasteiger charge is 2.16. The molecular weight excluding hydrogens is 322 g/mol. The van der Waals surface area contributed by atoms with Gasteiger partial charge in [0.25, 0.3) is 0 Å². The Morgan fingerprint density at radius 3 is 2.42 bits per heavy atom. The molecule has 0 radical (unpaired) electrons. The zero-order chi connectivity index (χ0) is 18.8. The van der Waals surface area contributed by atoms with E-state index in [9.17, 15) is 0 Å². The maximum atomic E-state index is 4.82. The van der Waals surface area contributed by atoms with Crippen molar-refractivity contribution in [2.75, 3.05) is 59.4 Å². The predicted molar refractivity (Wildman–Crippen MR) is 112 cm³/mol. The molecule has 2 unspecified atom stereocenters. The van der Waals surface area contributed by atoms with Gasteiger partial charge in [0.1, 0.15) is 0 Å². The Hall–Kier alpha value is -1.59. The van der Waals surface area contributed by atoms with Gasteiger partial charge in [-0.15, -0.1) is 0 Å². The number of likely N-dealkylation sites (N-methyl/N-ethyl adjacent to an activating group) is 1. The van der Waals surface area contributed by atoms with Crippen molar-refractivity contribution in [1.82, 2.24) is 20.4 Å². The third kappa shape index (κ3) is 7.34. The van der Waals surface area contributed by atoms with E-state index in [1.165, 1.54) is 31.7 Å². The summed E-state index contributed by atoms with van der Waals surface area (Å²) < 4.78 is 0. The first-order valence-electron chi connectivity index (χ1n) is 10.1. The Labute approximate surface area is 159 Å². The van der Waals surface area contributed by atoms with Gasteiger partial charge >= 0.3 is 0 Å². The van der Waals surface area contributed by atoms with E-state index in [1.54, 1.807) is 0 Å². The lowest BCUT2D eigenvalue weighted by Gasteiger charge is -2.33. The highest BCUT2D eigenvalue weighted by atomic mass is 15.2. The van der Waals surface area contributed by atoms with Gasteiger partial charge in [-0.2, -0.15) is 0 Å². The molecule has 1 heterocycles. The van der Waals surface area contributed by atoms with Gasteiger partial charge in [-0.3, -0.25) is 4.99 Å². The van der Waals surface area contributed by atoms with Crippen molar-refractivity contribution in [3.05, 3.63) is 35.9 Å². The minimum absolute atomic E-state index is 0.461. The van der Waals surface area contributed by atoms with Crippen LogP contribution < -0.4 is 10.6 Å². The molecule has 1 aliphatic rings. The van der Waals surface area contributed by atoms with Crippen LogP contribution in [0.1, 0.15) is 32.3 Å². The van der Waals surface area contributed by atoms with E-state index in [4.69, 9.17) is 4.99 Å². The Morgan fingerprint density at radius 1 is 1.08 bits per heavy atom. The van der Waals surface area contributed by atoms with Gasteiger partial charge in [0.15, 0.2) is 5.96 Å². The minimum Gasteiger partial charge on any atom is -0.357 e. The molecule has 0 bridgehead atoms. The first-order chi connectivity index (χ1) is 12.6. The number of piperazine rings is 1. The number of rotatable bonds is 8. The maximum Gasteiger partial charge on any atom is 0.191 e. The number of nitrogens with zero attached hydrogens (tertiary/aromatic N) is 3. The van der Waals surface area contributed by atoms with Crippen LogP contribution in [0.2, 0.25) is 0 Å².